The van der Waals surface area contributed by atoms with Gasteiger partial charge in [-0.3, -0.25) is 4.79 Å². The van der Waals surface area contributed by atoms with Crippen molar-refractivity contribution in [3.63, 3.8) is 0 Å². The molecule has 128 valence electrons. The van der Waals surface area contributed by atoms with E-state index in [2.05, 4.69) is 10.1 Å². The number of halogens is 2. The fraction of sp³-hybridized carbons (Fsp3) is 0.167. The molecule has 5 nitrogen and oxygen atoms in total. The van der Waals surface area contributed by atoms with Crippen molar-refractivity contribution in [3.8, 4) is 11.4 Å². The molecule has 0 aliphatic rings. The van der Waals surface area contributed by atoms with Gasteiger partial charge in [-0.25, -0.2) is 0 Å². The van der Waals surface area contributed by atoms with Crippen LogP contribution in [0.5, 0.6) is 0 Å². The van der Waals surface area contributed by atoms with E-state index < -0.39 is 0 Å². The zero-order valence-corrected chi connectivity index (χ0v) is 15.2. The summed E-state index contributed by atoms with van der Waals surface area (Å²) in [6.45, 7) is 2.09. The van der Waals surface area contributed by atoms with Crippen molar-refractivity contribution in [2.75, 3.05) is 7.05 Å². The topological polar surface area (TPSA) is 59.2 Å². The van der Waals surface area contributed by atoms with Crippen LogP contribution in [-0.2, 0) is 6.54 Å². The molecule has 1 amide bonds. The normalized spacial score (nSPS) is 10.7. The maximum absolute atomic E-state index is 12.5. The van der Waals surface area contributed by atoms with Crippen molar-refractivity contribution in [1.82, 2.24) is 15.0 Å². The lowest BCUT2D eigenvalue weighted by Crippen LogP contribution is -2.26. The van der Waals surface area contributed by atoms with E-state index in [1.165, 1.54) is 4.90 Å². The molecule has 1 aromatic heterocycles. The summed E-state index contributed by atoms with van der Waals surface area (Å²) in [6, 6.07) is 12.3. The standard InChI is InChI=1S/C18H15Cl2N3O2/c1-11-3-4-13(9-15(11)20)18(24)23(2)10-16-21-17(22-25-16)12-5-7-14(19)8-6-12/h3-9H,10H2,1-2H3. The van der Waals surface area contributed by atoms with Gasteiger partial charge in [0.05, 0.1) is 6.54 Å². The monoisotopic (exact) mass is 375 g/mol. The number of benzene rings is 2. The molecule has 7 heteroatoms. The van der Waals surface area contributed by atoms with Gasteiger partial charge in [-0.2, -0.15) is 4.98 Å². The zero-order valence-electron chi connectivity index (χ0n) is 13.7. The van der Waals surface area contributed by atoms with Crippen LogP contribution < -0.4 is 0 Å². The van der Waals surface area contributed by atoms with E-state index in [4.69, 9.17) is 27.7 Å². The second-order valence-electron chi connectivity index (χ2n) is 5.64. The molecular weight excluding hydrogens is 361 g/mol. The number of amides is 1. The quantitative estimate of drug-likeness (QED) is 0.667. The van der Waals surface area contributed by atoms with E-state index in [1.807, 2.05) is 13.0 Å². The summed E-state index contributed by atoms with van der Waals surface area (Å²) in [6.07, 6.45) is 0. The number of aromatic nitrogens is 2. The van der Waals surface area contributed by atoms with Gasteiger partial charge in [0, 0.05) is 28.2 Å². The fourth-order valence-corrected chi connectivity index (χ4v) is 2.56. The Balaban J connectivity index is 1.72. The van der Waals surface area contributed by atoms with Gasteiger partial charge in [-0.05, 0) is 48.9 Å². The van der Waals surface area contributed by atoms with Gasteiger partial charge in [-0.15, -0.1) is 0 Å². The van der Waals surface area contributed by atoms with Gasteiger partial charge in [0.1, 0.15) is 0 Å². The van der Waals surface area contributed by atoms with Crippen LogP contribution in [-0.4, -0.2) is 28.0 Å². The molecule has 0 unspecified atom stereocenters. The smallest absolute Gasteiger partial charge is 0.254 e. The molecule has 0 radical (unpaired) electrons. The van der Waals surface area contributed by atoms with Crippen molar-refractivity contribution in [1.29, 1.82) is 0 Å². The number of carbonyl (C=O) groups is 1. The lowest BCUT2D eigenvalue weighted by Gasteiger charge is -2.15. The highest BCUT2D eigenvalue weighted by Crippen LogP contribution is 2.20. The molecule has 0 saturated carbocycles. The minimum absolute atomic E-state index is 0.173. The molecule has 0 fully saturated rings. The molecular formula is C18H15Cl2N3O2. The molecule has 0 spiro atoms. The van der Waals surface area contributed by atoms with E-state index in [1.54, 1.807) is 43.4 Å². The van der Waals surface area contributed by atoms with Gasteiger partial charge in [-0.1, -0.05) is 34.4 Å². The molecule has 0 saturated heterocycles. The number of rotatable bonds is 4. The van der Waals surface area contributed by atoms with Gasteiger partial charge in [0.25, 0.3) is 5.91 Å². The Morgan fingerprint density at radius 3 is 2.56 bits per heavy atom. The Labute approximate surface area is 155 Å². The van der Waals surface area contributed by atoms with Gasteiger partial charge in [0.2, 0.25) is 11.7 Å². The minimum Gasteiger partial charge on any atom is -0.337 e. The number of nitrogens with zero attached hydrogens (tertiary/aromatic N) is 3. The molecule has 0 atom stereocenters. The number of carbonyl (C=O) groups excluding carboxylic acids is 1. The van der Waals surface area contributed by atoms with Gasteiger partial charge >= 0.3 is 0 Å². The number of aryl methyl sites for hydroxylation is 1. The van der Waals surface area contributed by atoms with E-state index in [-0.39, 0.29) is 12.5 Å². The van der Waals surface area contributed by atoms with Crippen LogP contribution >= 0.6 is 23.2 Å². The summed E-state index contributed by atoms with van der Waals surface area (Å²) < 4.78 is 5.23. The Bertz CT molecular complexity index is 907. The van der Waals surface area contributed by atoms with E-state index >= 15 is 0 Å². The lowest BCUT2D eigenvalue weighted by atomic mass is 10.1. The van der Waals surface area contributed by atoms with E-state index in [0.29, 0.717) is 27.3 Å². The van der Waals surface area contributed by atoms with Crippen LogP contribution in [0.3, 0.4) is 0 Å². The molecule has 0 bridgehead atoms. The Hall–Kier alpha value is -2.37. The van der Waals surface area contributed by atoms with Crippen LogP contribution in [0.15, 0.2) is 47.0 Å². The first-order valence-electron chi connectivity index (χ1n) is 7.54. The molecule has 0 aliphatic heterocycles. The Morgan fingerprint density at radius 1 is 1.16 bits per heavy atom. The fourth-order valence-electron chi connectivity index (χ4n) is 2.26. The van der Waals surface area contributed by atoms with E-state index in [9.17, 15) is 4.79 Å². The molecule has 0 N–H and O–H groups in total. The largest absolute Gasteiger partial charge is 0.337 e. The zero-order chi connectivity index (χ0) is 18.0. The summed E-state index contributed by atoms with van der Waals surface area (Å²) in [5, 5.41) is 5.13. The summed E-state index contributed by atoms with van der Waals surface area (Å²) in [5.41, 5.74) is 2.22. The molecule has 0 aliphatic carbocycles. The Morgan fingerprint density at radius 2 is 1.88 bits per heavy atom. The second-order valence-corrected chi connectivity index (χ2v) is 6.49. The van der Waals surface area contributed by atoms with Crippen LogP contribution in [0, 0.1) is 6.92 Å². The molecule has 1 heterocycles. The predicted molar refractivity (Wildman–Crippen MR) is 96.7 cm³/mol. The first-order valence-corrected chi connectivity index (χ1v) is 8.30. The van der Waals surface area contributed by atoms with Gasteiger partial charge < -0.3 is 9.42 Å². The van der Waals surface area contributed by atoms with Crippen molar-refractivity contribution in [2.24, 2.45) is 0 Å². The highest BCUT2D eigenvalue weighted by molar-refractivity contribution is 6.31. The van der Waals surface area contributed by atoms with Crippen molar-refractivity contribution < 1.29 is 9.32 Å². The van der Waals surface area contributed by atoms with Crippen molar-refractivity contribution >= 4 is 29.1 Å². The third-order valence-electron chi connectivity index (χ3n) is 3.71. The maximum Gasteiger partial charge on any atom is 0.254 e. The third kappa shape index (κ3) is 4.00. The van der Waals surface area contributed by atoms with Crippen LogP contribution in [0.1, 0.15) is 21.8 Å². The molecule has 25 heavy (non-hydrogen) atoms. The summed E-state index contributed by atoms with van der Waals surface area (Å²) in [4.78, 5) is 18.3. The van der Waals surface area contributed by atoms with E-state index in [0.717, 1.165) is 11.1 Å². The Kier molecular flexibility index (Phi) is 5.06. The minimum atomic E-state index is -0.173. The average molecular weight is 376 g/mol. The number of hydrogen-bond acceptors (Lipinski definition) is 4. The molecule has 2 aromatic carbocycles. The first-order chi connectivity index (χ1) is 11.9. The third-order valence-corrected chi connectivity index (χ3v) is 4.37. The second kappa shape index (κ2) is 7.25. The summed E-state index contributed by atoms with van der Waals surface area (Å²) >= 11 is 12.0. The average Bonchev–Trinajstić information content (AvgIpc) is 3.05. The SMILES string of the molecule is Cc1ccc(C(=O)N(C)Cc2nc(-c3ccc(Cl)cc3)no2)cc1Cl. The highest BCUT2D eigenvalue weighted by Gasteiger charge is 2.17. The summed E-state index contributed by atoms with van der Waals surface area (Å²) in [7, 11) is 1.67. The first kappa shape index (κ1) is 17.5. The highest BCUT2D eigenvalue weighted by atomic mass is 35.5. The van der Waals surface area contributed by atoms with Crippen molar-refractivity contribution in [3.05, 3.63) is 69.5 Å². The van der Waals surface area contributed by atoms with Gasteiger partial charge in [0.15, 0.2) is 0 Å². The summed E-state index contributed by atoms with van der Waals surface area (Å²) in [5.74, 6) is 0.623. The van der Waals surface area contributed by atoms with Crippen LogP contribution in [0.2, 0.25) is 10.0 Å². The molecule has 3 aromatic rings. The maximum atomic E-state index is 12.5. The van der Waals surface area contributed by atoms with Crippen LogP contribution in [0.25, 0.3) is 11.4 Å². The van der Waals surface area contributed by atoms with Crippen LogP contribution in [0.4, 0.5) is 0 Å². The predicted octanol–water partition coefficient (Wildman–Crippen LogP) is 4.62. The lowest BCUT2D eigenvalue weighted by molar-refractivity contribution is 0.0769. The van der Waals surface area contributed by atoms with Crippen molar-refractivity contribution in [2.45, 2.75) is 13.5 Å². The molecule has 3 rings (SSSR count). The number of hydrogen-bond donors (Lipinski definition) is 0.